The van der Waals surface area contributed by atoms with Crippen molar-refractivity contribution in [2.75, 3.05) is 11.6 Å². The van der Waals surface area contributed by atoms with Crippen LogP contribution in [0.2, 0.25) is 0 Å². The van der Waals surface area contributed by atoms with Gasteiger partial charge in [-0.15, -0.1) is 0 Å². The molecule has 0 aliphatic heterocycles. The number of aryl methyl sites for hydroxylation is 2. The molecule has 0 unspecified atom stereocenters. The van der Waals surface area contributed by atoms with Crippen LogP contribution in [0.15, 0.2) is 24.4 Å². The van der Waals surface area contributed by atoms with Crippen molar-refractivity contribution in [3.05, 3.63) is 41.3 Å². The Morgan fingerprint density at radius 3 is 2.68 bits per heavy atom. The topological polar surface area (TPSA) is 106 Å². The molecule has 8 nitrogen and oxygen atoms in total. The Labute approximate surface area is 128 Å². The predicted octanol–water partition coefficient (Wildman–Crippen LogP) is 0.425. The van der Waals surface area contributed by atoms with Gasteiger partial charge < -0.3 is 5.32 Å². The van der Waals surface area contributed by atoms with Gasteiger partial charge in [-0.3, -0.25) is 14.5 Å². The molecule has 9 heteroatoms. The van der Waals surface area contributed by atoms with Crippen LogP contribution in [0.5, 0.6) is 0 Å². The van der Waals surface area contributed by atoms with E-state index in [0.29, 0.717) is 17.1 Å². The third-order valence-electron chi connectivity index (χ3n) is 2.84. The summed E-state index contributed by atoms with van der Waals surface area (Å²) in [6, 6.07) is 4.85. The lowest BCUT2D eigenvalue weighted by Gasteiger charge is -2.07. The molecule has 0 saturated heterocycles. The van der Waals surface area contributed by atoms with Gasteiger partial charge in [0.05, 0.1) is 24.2 Å². The van der Waals surface area contributed by atoms with Gasteiger partial charge in [-0.2, -0.15) is 5.10 Å². The van der Waals surface area contributed by atoms with E-state index in [4.69, 9.17) is 0 Å². The normalized spacial score (nSPS) is 11.4. The van der Waals surface area contributed by atoms with Crippen LogP contribution in [0.4, 0.5) is 5.82 Å². The number of nitrogens with one attached hydrogen (secondary N) is 2. The van der Waals surface area contributed by atoms with Gasteiger partial charge in [0, 0.05) is 24.9 Å². The van der Waals surface area contributed by atoms with Crippen molar-refractivity contribution < 1.29 is 13.2 Å². The average Bonchev–Trinajstić information content (AvgIpc) is 2.74. The molecular formula is C13H17N5O3S. The first-order valence-electron chi connectivity index (χ1n) is 6.46. The highest BCUT2D eigenvalue weighted by atomic mass is 32.2. The Kier molecular flexibility index (Phi) is 4.57. The quantitative estimate of drug-likeness (QED) is 0.830. The van der Waals surface area contributed by atoms with E-state index in [1.807, 2.05) is 6.92 Å². The molecule has 0 saturated carbocycles. The highest BCUT2D eigenvalue weighted by molar-refractivity contribution is 7.88. The van der Waals surface area contributed by atoms with Crippen molar-refractivity contribution in [1.82, 2.24) is 19.5 Å². The fourth-order valence-corrected chi connectivity index (χ4v) is 2.25. The van der Waals surface area contributed by atoms with Crippen molar-refractivity contribution in [1.29, 1.82) is 0 Å². The Hall–Kier alpha value is -2.26. The molecule has 22 heavy (non-hydrogen) atoms. The van der Waals surface area contributed by atoms with E-state index in [1.54, 1.807) is 23.9 Å². The lowest BCUT2D eigenvalue weighted by Crippen LogP contribution is -2.22. The molecule has 0 aromatic carbocycles. The number of amides is 1. The second-order valence-electron chi connectivity index (χ2n) is 4.88. The first-order chi connectivity index (χ1) is 10.2. The summed E-state index contributed by atoms with van der Waals surface area (Å²) in [5.41, 5.74) is 1.64. The number of nitrogens with zero attached hydrogens (tertiary/aromatic N) is 3. The van der Waals surface area contributed by atoms with Crippen LogP contribution in [-0.4, -0.2) is 35.3 Å². The molecule has 0 fully saturated rings. The highest BCUT2D eigenvalue weighted by Gasteiger charge is 2.11. The number of carbonyl (C=O) groups is 1. The van der Waals surface area contributed by atoms with Gasteiger partial charge in [0.15, 0.2) is 0 Å². The molecule has 118 valence electrons. The van der Waals surface area contributed by atoms with E-state index < -0.39 is 10.0 Å². The average molecular weight is 323 g/mol. The van der Waals surface area contributed by atoms with E-state index in [1.165, 1.54) is 12.3 Å². The third kappa shape index (κ3) is 4.37. The molecule has 2 aromatic rings. The number of pyridine rings is 1. The summed E-state index contributed by atoms with van der Waals surface area (Å²) < 4.78 is 26.1. The number of rotatable bonds is 5. The van der Waals surface area contributed by atoms with Gasteiger partial charge >= 0.3 is 0 Å². The number of carbonyl (C=O) groups excluding carboxylic acids is 1. The van der Waals surface area contributed by atoms with Gasteiger partial charge in [0.25, 0.3) is 5.91 Å². The summed E-state index contributed by atoms with van der Waals surface area (Å²) in [7, 11) is -1.58. The largest absolute Gasteiger partial charge is 0.307 e. The van der Waals surface area contributed by atoms with Crippen molar-refractivity contribution in [3.8, 4) is 0 Å². The Morgan fingerprint density at radius 2 is 2.09 bits per heavy atom. The van der Waals surface area contributed by atoms with Crippen LogP contribution >= 0.6 is 0 Å². The maximum absolute atomic E-state index is 12.2. The van der Waals surface area contributed by atoms with Crippen LogP contribution < -0.4 is 10.0 Å². The van der Waals surface area contributed by atoms with E-state index >= 15 is 0 Å². The van der Waals surface area contributed by atoms with Crippen LogP contribution in [0.25, 0.3) is 0 Å². The van der Waals surface area contributed by atoms with Crippen LogP contribution in [-0.2, 0) is 23.6 Å². The molecule has 0 atom stereocenters. The molecule has 2 N–H and O–H groups in total. The van der Waals surface area contributed by atoms with Gasteiger partial charge in [-0.1, -0.05) is 0 Å². The fourth-order valence-electron chi connectivity index (χ4n) is 1.84. The van der Waals surface area contributed by atoms with E-state index in [2.05, 4.69) is 20.1 Å². The smallest absolute Gasteiger partial charge is 0.256 e. The molecule has 0 bridgehead atoms. The molecule has 2 rings (SSSR count). The molecule has 0 spiro atoms. The summed E-state index contributed by atoms with van der Waals surface area (Å²) >= 11 is 0. The van der Waals surface area contributed by atoms with Gasteiger partial charge in [0.1, 0.15) is 5.82 Å². The van der Waals surface area contributed by atoms with Gasteiger partial charge in [-0.25, -0.2) is 13.1 Å². The maximum Gasteiger partial charge on any atom is 0.256 e. The van der Waals surface area contributed by atoms with E-state index in [-0.39, 0.29) is 12.5 Å². The zero-order chi connectivity index (χ0) is 16.3. The number of hydrogen-bond acceptors (Lipinski definition) is 5. The second kappa shape index (κ2) is 6.24. The first-order valence-corrected chi connectivity index (χ1v) is 8.35. The number of aromatic nitrogens is 3. The molecule has 0 radical (unpaired) electrons. The molecule has 2 aromatic heterocycles. The monoisotopic (exact) mass is 323 g/mol. The van der Waals surface area contributed by atoms with E-state index in [9.17, 15) is 13.2 Å². The second-order valence-corrected chi connectivity index (χ2v) is 6.71. The van der Waals surface area contributed by atoms with Gasteiger partial charge in [-0.05, 0) is 19.1 Å². The zero-order valence-corrected chi connectivity index (χ0v) is 13.3. The molecule has 0 aliphatic rings. The standard InChI is InChI=1S/C13H17N5O3S/c1-9-6-12(18(2)17-9)16-13(19)10-4-5-14-11(7-10)8-15-22(3,20)21/h4-7,15H,8H2,1-3H3,(H,16,19). The van der Waals surface area contributed by atoms with Crippen molar-refractivity contribution in [3.63, 3.8) is 0 Å². The molecule has 2 heterocycles. The first kappa shape index (κ1) is 16.1. The lowest BCUT2D eigenvalue weighted by molar-refractivity contribution is 0.102. The third-order valence-corrected chi connectivity index (χ3v) is 3.51. The summed E-state index contributed by atoms with van der Waals surface area (Å²) in [6.45, 7) is 1.86. The molecule has 1 amide bonds. The summed E-state index contributed by atoms with van der Waals surface area (Å²) in [4.78, 5) is 16.2. The van der Waals surface area contributed by atoms with Gasteiger partial charge in [0.2, 0.25) is 10.0 Å². The Bertz CT molecular complexity index is 798. The number of sulfonamides is 1. The lowest BCUT2D eigenvalue weighted by atomic mass is 10.2. The minimum absolute atomic E-state index is 0.0325. The Morgan fingerprint density at radius 1 is 1.36 bits per heavy atom. The minimum atomic E-state index is -3.31. The fraction of sp³-hybridized carbons (Fsp3) is 0.308. The highest BCUT2D eigenvalue weighted by Crippen LogP contribution is 2.11. The summed E-state index contributed by atoms with van der Waals surface area (Å²) in [5.74, 6) is 0.265. The number of hydrogen-bond donors (Lipinski definition) is 2. The maximum atomic E-state index is 12.2. The van der Waals surface area contributed by atoms with Crippen LogP contribution in [0.3, 0.4) is 0 Å². The summed E-state index contributed by atoms with van der Waals surface area (Å²) in [5, 5.41) is 6.89. The van der Waals surface area contributed by atoms with Crippen molar-refractivity contribution in [2.45, 2.75) is 13.5 Å². The van der Waals surface area contributed by atoms with E-state index in [0.717, 1.165) is 11.9 Å². The van der Waals surface area contributed by atoms with Crippen LogP contribution in [0.1, 0.15) is 21.7 Å². The van der Waals surface area contributed by atoms with Crippen LogP contribution in [0, 0.1) is 6.92 Å². The molecular weight excluding hydrogens is 306 g/mol. The Balaban J connectivity index is 2.11. The zero-order valence-electron chi connectivity index (χ0n) is 12.5. The predicted molar refractivity (Wildman–Crippen MR) is 81.8 cm³/mol. The van der Waals surface area contributed by atoms with Crippen molar-refractivity contribution >= 4 is 21.7 Å². The summed E-state index contributed by atoms with van der Waals surface area (Å²) in [6.07, 6.45) is 2.52. The SMILES string of the molecule is Cc1cc(NC(=O)c2ccnc(CNS(C)(=O)=O)c2)n(C)n1. The molecule has 0 aliphatic carbocycles. The minimum Gasteiger partial charge on any atom is -0.307 e. The van der Waals surface area contributed by atoms with Crippen molar-refractivity contribution in [2.24, 2.45) is 7.05 Å². The number of anilines is 1.